The molecule has 9 nitrogen and oxygen atoms in total. The van der Waals surface area contributed by atoms with Crippen molar-refractivity contribution in [1.29, 1.82) is 0 Å². The molecular weight excluding hydrogens is 461 g/mol. The second kappa shape index (κ2) is 7.19. The van der Waals surface area contributed by atoms with E-state index in [4.69, 9.17) is 32.0 Å². The van der Waals surface area contributed by atoms with E-state index in [0.29, 0.717) is 62.5 Å². The SMILES string of the molecule is C1=c2oc(-c3ccco3)cc2=NC1=Nc1cc2oc(-c3ccco3)cc2n1B1Oc2ccccc2O1. The lowest BCUT2D eigenvalue weighted by atomic mass is 10.1. The Hall–Kier alpha value is -5.12. The molecule has 1 aromatic carbocycles. The first-order valence-corrected chi connectivity index (χ1v) is 11.2. The van der Waals surface area contributed by atoms with Crippen molar-refractivity contribution in [3.63, 3.8) is 0 Å². The van der Waals surface area contributed by atoms with Crippen LogP contribution in [0.1, 0.15) is 0 Å². The first-order chi connectivity index (χ1) is 17.8. The second-order valence-electron chi connectivity index (χ2n) is 8.26. The molecule has 0 amide bonds. The van der Waals surface area contributed by atoms with Gasteiger partial charge in [0.1, 0.15) is 22.7 Å². The Morgan fingerprint density at radius 3 is 2.14 bits per heavy atom. The van der Waals surface area contributed by atoms with E-state index in [2.05, 4.69) is 4.99 Å². The van der Waals surface area contributed by atoms with E-state index < -0.39 is 7.25 Å². The van der Waals surface area contributed by atoms with Crippen LogP contribution in [0.2, 0.25) is 0 Å². The monoisotopic (exact) mass is 475 g/mol. The quantitative estimate of drug-likeness (QED) is 0.340. The molecular formula is C26H14BN3O6. The molecule has 0 N–H and O–H groups in total. The van der Waals surface area contributed by atoms with Gasteiger partial charge in [0.2, 0.25) is 0 Å². The molecule has 2 aliphatic heterocycles. The first kappa shape index (κ1) is 19.2. The maximum absolute atomic E-state index is 6.11. The molecule has 0 saturated heterocycles. The van der Waals surface area contributed by atoms with Crippen molar-refractivity contribution < 1.29 is 27.0 Å². The fourth-order valence-electron chi connectivity index (χ4n) is 4.41. The average Bonchev–Trinajstić information content (AvgIpc) is 3.68. The Kier molecular flexibility index (Phi) is 3.84. The topological polar surface area (TPSA) is 101 Å². The van der Waals surface area contributed by atoms with Crippen molar-refractivity contribution in [3.05, 3.63) is 90.0 Å². The second-order valence-corrected chi connectivity index (χ2v) is 8.26. The first-order valence-electron chi connectivity index (χ1n) is 11.2. The van der Waals surface area contributed by atoms with Gasteiger partial charge in [-0.25, -0.2) is 9.98 Å². The molecule has 10 heteroatoms. The molecule has 0 unspecified atom stereocenters. The van der Waals surface area contributed by atoms with Gasteiger partial charge in [-0.05, 0) is 36.4 Å². The average molecular weight is 475 g/mol. The largest absolute Gasteiger partial charge is 0.744 e. The van der Waals surface area contributed by atoms with E-state index in [9.17, 15) is 0 Å². The maximum Gasteiger partial charge on any atom is 0.744 e. The number of nitrogens with zero attached hydrogens (tertiary/aromatic N) is 3. The van der Waals surface area contributed by atoms with E-state index in [0.717, 1.165) is 5.52 Å². The Bertz CT molecular complexity index is 1850. The van der Waals surface area contributed by atoms with Crippen molar-refractivity contribution in [2.24, 2.45) is 9.98 Å². The van der Waals surface area contributed by atoms with Crippen LogP contribution in [0.5, 0.6) is 11.5 Å². The molecule has 0 bridgehead atoms. The summed E-state index contributed by atoms with van der Waals surface area (Å²) in [5.74, 6) is 4.81. The van der Waals surface area contributed by atoms with Crippen LogP contribution in [0.25, 0.3) is 40.2 Å². The molecule has 0 spiro atoms. The normalized spacial score (nSPS) is 15.0. The van der Waals surface area contributed by atoms with Crippen LogP contribution in [0.4, 0.5) is 5.82 Å². The number of rotatable bonds is 4. The number of hydrogen-bond acceptors (Lipinski definition) is 7. The van der Waals surface area contributed by atoms with Gasteiger partial charge in [0.25, 0.3) is 0 Å². The van der Waals surface area contributed by atoms with Crippen LogP contribution in [0, 0.1) is 0 Å². The van der Waals surface area contributed by atoms with Crippen molar-refractivity contribution in [2.45, 2.75) is 0 Å². The molecule has 172 valence electrons. The van der Waals surface area contributed by atoms with Gasteiger partial charge < -0.3 is 27.0 Å². The van der Waals surface area contributed by atoms with Crippen LogP contribution < -0.4 is 20.1 Å². The van der Waals surface area contributed by atoms with Crippen molar-refractivity contribution in [2.75, 3.05) is 0 Å². The highest BCUT2D eigenvalue weighted by molar-refractivity contribution is 6.48. The number of para-hydroxylation sites is 2. The highest BCUT2D eigenvalue weighted by atomic mass is 16.6. The van der Waals surface area contributed by atoms with Crippen LogP contribution in [-0.4, -0.2) is 17.6 Å². The Morgan fingerprint density at radius 1 is 0.750 bits per heavy atom. The van der Waals surface area contributed by atoms with Gasteiger partial charge in [-0.15, -0.1) is 0 Å². The highest BCUT2D eigenvalue weighted by Gasteiger charge is 2.39. The summed E-state index contributed by atoms with van der Waals surface area (Å²) < 4.78 is 36.9. The number of furan rings is 4. The molecule has 0 radical (unpaired) electrons. The molecule has 6 aromatic rings. The van der Waals surface area contributed by atoms with E-state index in [1.54, 1.807) is 18.6 Å². The van der Waals surface area contributed by atoms with E-state index in [-0.39, 0.29) is 0 Å². The van der Waals surface area contributed by atoms with Crippen molar-refractivity contribution in [1.82, 2.24) is 4.48 Å². The number of amidine groups is 1. The Balaban J connectivity index is 1.23. The molecule has 0 atom stereocenters. The number of hydrogen-bond donors (Lipinski definition) is 0. The molecule has 36 heavy (non-hydrogen) atoms. The summed E-state index contributed by atoms with van der Waals surface area (Å²) in [7, 11) is -0.774. The highest BCUT2D eigenvalue weighted by Crippen LogP contribution is 2.38. The fourth-order valence-corrected chi connectivity index (χ4v) is 4.41. The maximum atomic E-state index is 6.11. The van der Waals surface area contributed by atoms with Crippen LogP contribution in [0.3, 0.4) is 0 Å². The molecule has 7 heterocycles. The summed E-state index contributed by atoms with van der Waals surface area (Å²) in [4.78, 5) is 9.39. The lowest BCUT2D eigenvalue weighted by Gasteiger charge is -2.09. The fraction of sp³-hybridized carbons (Fsp3) is 0. The molecule has 0 saturated carbocycles. The van der Waals surface area contributed by atoms with E-state index in [1.807, 2.05) is 71.2 Å². The third-order valence-electron chi connectivity index (χ3n) is 6.01. The summed E-state index contributed by atoms with van der Waals surface area (Å²) in [5, 5.41) is 0.683. The van der Waals surface area contributed by atoms with E-state index >= 15 is 0 Å². The predicted molar refractivity (Wildman–Crippen MR) is 130 cm³/mol. The Morgan fingerprint density at radius 2 is 1.47 bits per heavy atom. The zero-order valence-electron chi connectivity index (χ0n) is 18.5. The number of aromatic nitrogens is 1. The van der Waals surface area contributed by atoms with Gasteiger partial charge in [-0.2, -0.15) is 0 Å². The zero-order valence-corrected chi connectivity index (χ0v) is 18.5. The van der Waals surface area contributed by atoms with Gasteiger partial charge in [0.05, 0.1) is 18.0 Å². The molecule has 5 aromatic heterocycles. The number of benzene rings is 1. The molecule has 8 rings (SSSR count). The van der Waals surface area contributed by atoms with Gasteiger partial charge in [-0.1, -0.05) is 12.1 Å². The van der Waals surface area contributed by atoms with Crippen LogP contribution >= 0.6 is 0 Å². The lowest BCUT2D eigenvalue weighted by Crippen LogP contribution is -2.33. The van der Waals surface area contributed by atoms with Gasteiger partial charge in [0.15, 0.2) is 39.9 Å². The zero-order chi connectivity index (χ0) is 23.6. The van der Waals surface area contributed by atoms with Gasteiger partial charge in [-0.3, -0.25) is 4.48 Å². The third kappa shape index (κ3) is 2.91. The third-order valence-corrected chi connectivity index (χ3v) is 6.01. The van der Waals surface area contributed by atoms with Crippen LogP contribution in [-0.2, 0) is 0 Å². The molecule has 0 fully saturated rings. The van der Waals surface area contributed by atoms with Crippen molar-refractivity contribution >= 4 is 36.1 Å². The van der Waals surface area contributed by atoms with Gasteiger partial charge in [0, 0.05) is 24.3 Å². The molecule has 2 aliphatic rings. The van der Waals surface area contributed by atoms with E-state index in [1.165, 1.54) is 0 Å². The summed E-state index contributed by atoms with van der Waals surface area (Å²) in [6, 6.07) is 20.3. The van der Waals surface area contributed by atoms with Crippen molar-refractivity contribution in [3.8, 4) is 34.5 Å². The summed E-state index contributed by atoms with van der Waals surface area (Å²) in [6.07, 6.45) is 4.98. The minimum atomic E-state index is -0.774. The summed E-state index contributed by atoms with van der Waals surface area (Å²) >= 11 is 0. The minimum absolute atomic E-state index is 0.484. The number of aliphatic imine (C=N–C) groups is 1. The standard InChI is InChI=1S/C26H14BN3O6/c1-2-6-20-19(5-1)35-27(36-20)30-16-12-24(18-8-4-10-32-18)34-22(16)14-26(30)29-25-13-21-15(28-25)11-23(33-21)17-7-3-9-31-17/h1-14H. The lowest BCUT2D eigenvalue weighted by molar-refractivity contribution is 0.484. The Labute approximate surface area is 202 Å². The summed E-state index contributed by atoms with van der Waals surface area (Å²) in [6.45, 7) is 0. The smallest absolute Gasteiger partial charge is 0.503 e. The predicted octanol–water partition coefficient (Wildman–Crippen LogP) is 4.80. The summed E-state index contributed by atoms with van der Waals surface area (Å²) in [5.41, 5.74) is 1.97. The minimum Gasteiger partial charge on any atom is -0.503 e. The van der Waals surface area contributed by atoms with Gasteiger partial charge >= 0.3 is 7.25 Å². The molecule has 0 aliphatic carbocycles. The van der Waals surface area contributed by atoms with Crippen LogP contribution in [0.15, 0.2) is 107 Å². The number of fused-ring (bicyclic) bond motifs is 3.